The van der Waals surface area contributed by atoms with Crippen molar-refractivity contribution in [3.8, 4) is 5.75 Å². The summed E-state index contributed by atoms with van der Waals surface area (Å²) < 4.78 is 5.35. The van der Waals surface area contributed by atoms with E-state index < -0.39 is 0 Å². The maximum atomic E-state index is 11.9. The van der Waals surface area contributed by atoms with E-state index in [1.165, 1.54) is 11.1 Å². The Morgan fingerprint density at radius 2 is 2.05 bits per heavy atom. The van der Waals surface area contributed by atoms with E-state index in [4.69, 9.17) is 4.74 Å². The first-order valence-electron chi connectivity index (χ1n) is 7.31. The van der Waals surface area contributed by atoms with Crippen molar-refractivity contribution >= 4 is 5.78 Å². The van der Waals surface area contributed by atoms with Gasteiger partial charge in [0.2, 0.25) is 0 Å². The Bertz CT molecular complexity index is 449. The number of methoxy groups -OCH3 is 1. The Kier molecular flexibility index (Phi) is 4.62. The van der Waals surface area contributed by atoms with E-state index in [-0.39, 0.29) is 0 Å². The highest BCUT2D eigenvalue weighted by Gasteiger charge is 2.22. The number of benzene rings is 1. The van der Waals surface area contributed by atoms with Gasteiger partial charge < -0.3 is 4.74 Å². The zero-order chi connectivity index (χ0) is 13.8. The maximum Gasteiger partial charge on any atom is 0.133 e. The Hall–Kier alpha value is -1.31. The van der Waals surface area contributed by atoms with Gasteiger partial charge in [0.15, 0.2) is 0 Å². The Morgan fingerprint density at radius 3 is 2.74 bits per heavy atom. The topological polar surface area (TPSA) is 26.3 Å². The molecule has 0 aromatic heterocycles. The number of rotatable bonds is 3. The molecule has 1 aromatic carbocycles. The minimum atomic E-state index is 0.377. The third-order valence-corrected chi connectivity index (χ3v) is 4.09. The van der Waals surface area contributed by atoms with E-state index >= 15 is 0 Å². The lowest BCUT2D eigenvalue weighted by molar-refractivity contribution is -0.119. The van der Waals surface area contributed by atoms with Crippen LogP contribution in [0.2, 0.25) is 0 Å². The summed E-state index contributed by atoms with van der Waals surface area (Å²) in [5.41, 5.74) is 2.69. The molecule has 1 atom stereocenters. The normalized spacial score (nSPS) is 20.4. The van der Waals surface area contributed by atoms with Gasteiger partial charge in [0.25, 0.3) is 0 Å². The summed E-state index contributed by atoms with van der Waals surface area (Å²) in [6.07, 6.45) is 4.80. The Labute approximate surface area is 116 Å². The van der Waals surface area contributed by atoms with Gasteiger partial charge in [0.1, 0.15) is 11.5 Å². The summed E-state index contributed by atoms with van der Waals surface area (Å²) >= 11 is 0. The van der Waals surface area contributed by atoms with E-state index in [1.807, 2.05) is 6.07 Å². The number of carbonyl (C=O) groups excluding carboxylic acids is 1. The molecule has 2 nitrogen and oxygen atoms in total. The third-order valence-electron chi connectivity index (χ3n) is 4.09. The summed E-state index contributed by atoms with van der Waals surface area (Å²) in [6, 6.07) is 6.32. The molecule has 0 amide bonds. The summed E-state index contributed by atoms with van der Waals surface area (Å²) in [4.78, 5) is 11.9. The van der Waals surface area contributed by atoms with Gasteiger partial charge in [-0.25, -0.2) is 0 Å². The quantitative estimate of drug-likeness (QED) is 0.751. The monoisotopic (exact) mass is 260 g/mol. The van der Waals surface area contributed by atoms with Crippen molar-refractivity contribution in [3.63, 3.8) is 0 Å². The van der Waals surface area contributed by atoms with E-state index in [0.717, 1.165) is 31.4 Å². The van der Waals surface area contributed by atoms with Gasteiger partial charge in [-0.2, -0.15) is 0 Å². The molecule has 0 aliphatic heterocycles. The van der Waals surface area contributed by atoms with Gasteiger partial charge in [-0.05, 0) is 47.9 Å². The molecule has 19 heavy (non-hydrogen) atoms. The van der Waals surface area contributed by atoms with Crippen LogP contribution in [0.5, 0.6) is 5.75 Å². The highest BCUT2D eigenvalue weighted by Crippen LogP contribution is 2.36. The minimum absolute atomic E-state index is 0.377. The second-order valence-electron chi connectivity index (χ2n) is 5.84. The lowest BCUT2D eigenvalue weighted by atomic mass is 9.84. The van der Waals surface area contributed by atoms with Gasteiger partial charge in [-0.3, -0.25) is 4.79 Å². The molecule has 0 spiro atoms. The molecular weight excluding hydrogens is 236 g/mol. The predicted octanol–water partition coefficient (Wildman–Crippen LogP) is 4.44. The van der Waals surface area contributed by atoms with Gasteiger partial charge in [0.05, 0.1) is 7.11 Å². The Morgan fingerprint density at radius 1 is 1.26 bits per heavy atom. The molecule has 0 saturated heterocycles. The molecule has 1 aliphatic rings. The van der Waals surface area contributed by atoms with Crippen LogP contribution in [0.3, 0.4) is 0 Å². The van der Waals surface area contributed by atoms with Gasteiger partial charge in [-0.15, -0.1) is 0 Å². The van der Waals surface area contributed by atoms with Crippen LogP contribution in [-0.4, -0.2) is 12.9 Å². The fourth-order valence-corrected chi connectivity index (χ4v) is 3.02. The van der Waals surface area contributed by atoms with Crippen LogP contribution in [-0.2, 0) is 4.79 Å². The first-order chi connectivity index (χ1) is 9.11. The number of ketones is 1. The van der Waals surface area contributed by atoms with Crippen molar-refractivity contribution in [3.05, 3.63) is 29.3 Å². The van der Waals surface area contributed by atoms with Crippen LogP contribution in [0.1, 0.15) is 68.9 Å². The molecule has 104 valence electrons. The van der Waals surface area contributed by atoms with Crippen LogP contribution < -0.4 is 4.74 Å². The summed E-state index contributed by atoms with van der Waals surface area (Å²) in [5, 5.41) is 0. The van der Waals surface area contributed by atoms with Crippen molar-refractivity contribution in [2.45, 2.75) is 57.8 Å². The molecule has 0 N–H and O–H groups in total. The van der Waals surface area contributed by atoms with Crippen LogP contribution in [0, 0.1) is 0 Å². The third kappa shape index (κ3) is 3.37. The highest BCUT2D eigenvalue weighted by atomic mass is 16.5. The first kappa shape index (κ1) is 14.1. The lowest BCUT2D eigenvalue weighted by Crippen LogP contribution is -2.08. The van der Waals surface area contributed by atoms with Gasteiger partial charge in [-0.1, -0.05) is 26.3 Å². The number of hydrogen-bond acceptors (Lipinski definition) is 2. The van der Waals surface area contributed by atoms with Crippen molar-refractivity contribution in [1.29, 1.82) is 0 Å². The van der Waals surface area contributed by atoms with E-state index in [2.05, 4.69) is 26.0 Å². The number of carbonyl (C=O) groups is 1. The largest absolute Gasteiger partial charge is 0.497 e. The van der Waals surface area contributed by atoms with Crippen molar-refractivity contribution < 1.29 is 9.53 Å². The summed E-state index contributed by atoms with van der Waals surface area (Å²) in [5.74, 6) is 2.18. The molecule has 1 fully saturated rings. The molecule has 1 unspecified atom stereocenters. The van der Waals surface area contributed by atoms with Gasteiger partial charge in [0, 0.05) is 12.8 Å². The van der Waals surface area contributed by atoms with Crippen molar-refractivity contribution in [2.24, 2.45) is 0 Å². The lowest BCUT2D eigenvalue weighted by Gasteiger charge is -2.21. The predicted molar refractivity (Wildman–Crippen MR) is 77.9 cm³/mol. The van der Waals surface area contributed by atoms with E-state index in [0.29, 0.717) is 24.0 Å². The molecule has 2 heteroatoms. The standard InChI is InChI=1S/C17H24O2/c1-12(2)16-9-8-15(19-3)11-17(16)13-6-4-5-7-14(18)10-13/h8-9,11-13H,4-7,10H2,1-3H3. The number of hydrogen-bond donors (Lipinski definition) is 0. The molecule has 1 saturated carbocycles. The zero-order valence-corrected chi connectivity index (χ0v) is 12.2. The average molecular weight is 260 g/mol. The smallest absolute Gasteiger partial charge is 0.133 e. The van der Waals surface area contributed by atoms with Crippen molar-refractivity contribution in [1.82, 2.24) is 0 Å². The first-order valence-corrected chi connectivity index (χ1v) is 7.31. The molecule has 2 rings (SSSR count). The summed E-state index contributed by atoms with van der Waals surface area (Å²) in [7, 11) is 1.70. The second kappa shape index (κ2) is 6.23. The molecule has 0 heterocycles. The molecule has 1 aromatic rings. The van der Waals surface area contributed by atoms with E-state index in [9.17, 15) is 4.79 Å². The average Bonchev–Trinajstić information content (AvgIpc) is 2.62. The molecule has 0 radical (unpaired) electrons. The summed E-state index contributed by atoms with van der Waals surface area (Å²) in [6.45, 7) is 4.42. The van der Waals surface area contributed by atoms with Crippen LogP contribution >= 0.6 is 0 Å². The fraction of sp³-hybridized carbons (Fsp3) is 0.588. The van der Waals surface area contributed by atoms with Crippen LogP contribution in [0.4, 0.5) is 0 Å². The zero-order valence-electron chi connectivity index (χ0n) is 12.2. The van der Waals surface area contributed by atoms with Gasteiger partial charge >= 0.3 is 0 Å². The minimum Gasteiger partial charge on any atom is -0.497 e. The molecule has 1 aliphatic carbocycles. The van der Waals surface area contributed by atoms with E-state index in [1.54, 1.807) is 7.11 Å². The number of ether oxygens (including phenoxy) is 1. The molecular formula is C17H24O2. The highest BCUT2D eigenvalue weighted by molar-refractivity contribution is 5.79. The fourth-order valence-electron chi connectivity index (χ4n) is 3.02. The number of Topliss-reactive ketones (excluding diaryl/α,β-unsaturated/α-hetero) is 1. The SMILES string of the molecule is COc1ccc(C(C)C)c(C2CCCCC(=O)C2)c1. The Balaban J connectivity index is 2.36. The maximum absolute atomic E-state index is 11.9. The van der Waals surface area contributed by atoms with Crippen LogP contribution in [0.25, 0.3) is 0 Å². The molecule has 0 bridgehead atoms. The van der Waals surface area contributed by atoms with Crippen molar-refractivity contribution in [2.75, 3.05) is 7.11 Å². The van der Waals surface area contributed by atoms with Crippen LogP contribution in [0.15, 0.2) is 18.2 Å². The second-order valence-corrected chi connectivity index (χ2v) is 5.84.